The number of carbonyl (C=O) groups is 1. The molecule has 0 aliphatic carbocycles. The van der Waals surface area contributed by atoms with Crippen LogP contribution in [0.15, 0.2) is 4.52 Å². The fourth-order valence-electron chi connectivity index (χ4n) is 1.55. The highest BCUT2D eigenvalue weighted by molar-refractivity contribution is 9.10. The minimum absolute atomic E-state index is 0.0556. The molecule has 90 valence electrons. The van der Waals surface area contributed by atoms with Crippen molar-refractivity contribution in [3.8, 4) is 0 Å². The number of aromatic nitrogens is 1. The van der Waals surface area contributed by atoms with Gasteiger partial charge in [0.1, 0.15) is 5.76 Å². The van der Waals surface area contributed by atoms with Crippen LogP contribution in [0.2, 0.25) is 0 Å². The van der Waals surface area contributed by atoms with E-state index in [9.17, 15) is 4.79 Å². The summed E-state index contributed by atoms with van der Waals surface area (Å²) in [4.78, 5) is 11.8. The van der Waals surface area contributed by atoms with Gasteiger partial charge in [0.15, 0.2) is 0 Å². The van der Waals surface area contributed by atoms with Crippen LogP contribution in [0, 0.1) is 13.8 Å². The molecule has 0 saturated carbocycles. The van der Waals surface area contributed by atoms with Crippen molar-refractivity contribution in [2.75, 3.05) is 0 Å². The van der Waals surface area contributed by atoms with Crippen LogP contribution >= 0.6 is 15.9 Å². The van der Waals surface area contributed by atoms with Crippen LogP contribution in [-0.4, -0.2) is 15.4 Å². The Balaban J connectivity index is 2.81. The van der Waals surface area contributed by atoms with Gasteiger partial charge in [-0.25, -0.2) is 0 Å². The van der Waals surface area contributed by atoms with Gasteiger partial charge in [-0.15, -0.1) is 0 Å². The zero-order valence-electron chi connectivity index (χ0n) is 10.2. The van der Waals surface area contributed by atoms with Crippen LogP contribution in [0.4, 0.5) is 0 Å². The topological polar surface area (TPSA) is 55.1 Å². The van der Waals surface area contributed by atoms with Crippen molar-refractivity contribution in [1.82, 2.24) is 10.5 Å². The summed E-state index contributed by atoms with van der Waals surface area (Å²) in [7, 11) is 0. The van der Waals surface area contributed by atoms with E-state index in [2.05, 4.69) is 26.4 Å². The Morgan fingerprint density at radius 3 is 2.44 bits per heavy atom. The standard InChI is InChI=1S/C11H17BrN2O2/c1-6(13-10(15)11(4,5)12)9-7(2)14-16-8(9)3/h6H,1-5H3,(H,13,15). The van der Waals surface area contributed by atoms with Gasteiger partial charge in [-0.2, -0.15) is 0 Å². The third kappa shape index (κ3) is 2.84. The Morgan fingerprint density at radius 2 is 2.06 bits per heavy atom. The second kappa shape index (κ2) is 4.57. The number of carbonyl (C=O) groups excluding carboxylic acids is 1. The quantitative estimate of drug-likeness (QED) is 0.870. The van der Waals surface area contributed by atoms with Crippen molar-refractivity contribution >= 4 is 21.8 Å². The fourth-order valence-corrected chi connectivity index (χ4v) is 1.66. The molecule has 0 fully saturated rings. The lowest BCUT2D eigenvalue weighted by molar-refractivity contribution is -0.123. The van der Waals surface area contributed by atoms with Crippen molar-refractivity contribution in [3.63, 3.8) is 0 Å². The molecule has 1 aromatic heterocycles. The van der Waals surface area contributed by atoms with Crippen molar-refractivity contribution in [2.24, 2.45) is 0 Å². The van der Waals surface area contributed by atoms with Gasteiger partial charge in [-0.05, 0) is 34.6 Å². The summed E-state index contributed by atoms with van der Waals surface area (Å²) in [5, 5.41) is 6.79. The lowest BCUT2D eigenvalue weighted by Gasteiger charge is -2.20. The van der Waals surface area contributed by atoms with Crippen LogP contribution in [0.1, 0.15) is 43.8 Å². The zero-order valence-corrected chi connectivity index (χ0v) is 11.8. The summed E-state index contributed by atoms with van der Waals surface area (Å²) >= 11 is 3.32. The zero-order chi connectivity index (χ0) is 12.5. The smallest absolute Gasteiger partial charge is 0.236 e. The molecule has 4 nitrogen and oxygen atoms in total. The average Bonchev–Trinajstić information content (AvgIpc) is 2.44. The van der Waals surface area contributed by atoms with E-state index in [0.717, 1.165) is 17.0 Å². The third-order valence-corrected chi connectivity index (χ3v) is 2.77. The number of alkyl halides is 1. The molecule has 0 radical (unpaired) electrons. The number of hydrogen-bond donors (Lipinski definition) is 1. The van der Waals surface area contributed by atoms with E-state index in [1.54, 1.807) is 0 Å². The molecular weight excluding hydrogens is 272 g/mol. The molecule has 0 aliphatic heterocycles. The molecule has 1 unspecified atom stereocenters. The lowest BCUT2D eigenvalue weighted by atomic mass is 10.1. The predicted molar refractivity (Wildman–Crippen MR) is 65.5 cm³/mol. The SMILES string of the molecule is Cc1noc(C)c1C(C)NC(=O)C(C)(C)Br. The van der Waals surface area contributed by atoms with Gasteiger partial charge >= 0.3 is 0 Å². The van der Waals surface area contributed by atoms with Gasteiger partial charge in [0, 0.05) is 5.56 Å². The van der Waals surface area contributed by atoms with E-state index in [0.29, 0.717) is 0 Å². The summed E-state index contributed by atoms with van der Waals surface area (Å²) in [5.41, 5.74) is 1.77. The van der Waals surface area contributed by atoms with Crippen LogP contribution in [-0.2, 0) is 4.79 Å². The normalized spacial score (nSPS) is 13.6. The minimum Gasteiger partial charge on any atom is -0.361 e. The number of amides is 1. The summed E-state index contributed by atoms with van der Waals surface area (Å²) in [5.74, 6) is 0.692. The molecule has 0 aliphatic rings. The number of aryl methyl sites for hydroxylation is 2. The van der Waals surface area contributed by atoms with Crippen molar-refractivity contribution in [3.05, 3.63) is 17.0 Å². The maximum Gasteiger partial charge on any atom is 0.236 e. The first kappa shape index (κ1) is 13.2. The molecule has 1 N–H and O–H groups in total. The Bertz CT molecular complexity index is 374. The molecule has 1 atom stereocenters. The van der Waals surface area contributed by atoms with E-state index in [-0.39, 0.29) is 11.9 Å². The molecule has 5 heteroatoms. The van der Waals surface area contributed by atoms with E-state index < -0.39 is 4.32 Å². The molecule has 1 aromatic rings. The summed E-state index contributed by atoms with van der Waals surface area (Å²) < 4.78 is 4.50. The number of nitrogens with one attached hydrogen (secondary N) is 1. The van der Waals surface area contributed by atoms with Gasteiger partial charge in [0.25, 0.3) is 0 Å². The van der Waals surface area contributed by atoms with Gasteiger partial charge in [-0.3, -0.25) is 4.79 Å². The molecule has 1 amide bonds. The molecule has 0 aromatic carbocycles. The van der Waals surface area contributed by atoms with Crippen LogP contribution in [0.3, 0.4) is 0 Å². The maximum atomic E-state index is 11.8. The number of nitrogens with zero attached hydrogens (tertiary/aromatic N) is 1. The fraction of sp³-hybridized carbons (Fsp3) is 0.636. The average molecular weight is 289 g/mol. The first-order chi connectivity index (χ1) is 7.23. The van der Waals surface area contributed by atoms with E-state index in [1.165, 1.54) is 0 Å². The summed E-state index contributed by atoms with van der Waals surface area (Å²) in [6, 6.07) is -0.101. The van der Waals surface area contributed by atoms with E-state index in [4.69, 9.17) is 4.52 Å². The first-order valence-corrected chi connectivity index (χ1v) is 5.95. The summed E-state index contributed by atoms with van der Waals surface area (Å²) in [6.45, 7) is 9.25. The maximum absolute atomic E-state index is 11.8. The van der Waals surface area contributed by atoms with Gasteiger partial charge in [-0.1, -0.05) is 21.1 Å². The minimum atomic E-state index is -0.569. The molecule has 0 saturated heterocycles. The summed E-state index contributed by atoms with van der Waals surface area (Å²) in [6.07, 6.45) is 0. The molecule has 1 heterocycles. The van der Waals surface area contributed by atoms with Crippen molar-refractivity contribution in [1.29, 1.82) is 0 Å². The Hall–Kier alpha value is -0.840. The van der Waals surface area contributed by atoms with Gasteiger partial charge in [0.2, 0.25) is 5.91 Å². The van der Waals surface area contributed by atoms with Gasteiger partial charge < -0.3 is 9.84 Å². The molecule has 16 heavy (non-hydrogen) atoms. The largest absolute Gasteiger partial charge is 0.361 e. The predicted octanol–water partition coefficient (Wildman–Crippen LogP) is 2.64. The number of rotatable bonds is 3. The number of hydrogen-bond acceptors (Lipinski definition) is 3. The Morgan fingerprint density at radius 1 is 1.50 bits per heavy atom. The third-order valence-electron chi connectivity index (χ3n) is 2.41. The highest BCUT2D eigenvalue weighted by Crippen LogP contribution is 2.23. The molecular formula is C11H17BrN2O2. The molecule has 0 spiro atoms. The molecule has 0 bridgehead atoms. The lowest BCUT2D eigenvalue weighted by Crippen LogP contribution is -2.39. The van der Waals surface area contributed by atoms with E-state index in [1.807, 2.05) is 34.6 Å². The second-order valence-corrected chi connectivity index (χ2v) is 6.39. The molecule has 1 rings (SSSR count). The number of halogens is 1. The Labute approximate surface area is 104 Å². The first-order valence-electron chi connectivity index (χ1n) is 5.16. The van der Waals surface area contributed by atoms with Crippen LogP contribution in [0.5, 0.6) is 0 Å². The van der Waals surface area contributed by atoms with Crippen LogP contribution in [0.25, 0.3) is 0 Å². The van der Waals surface area contributed by atoms with E-state index >= 15 is 0 Å². The van der Waals surface area contributed by atoms with Gasteiger partial charge in [0.05, 0.1) is 16.1 Å². The second-order valence-electron chi connectivity index (χ2n) is 4.41. The van der Waals surface area contributed by atoms with Crippen LogP contribution < -0.4 is 5.32 Å². The monoisotopic (exact) mass is 288 g/mol. The van der Waals surface area contributed by atoms with Crippen molar-refractivity contribution in [2.45, 2.75) is 45.0 Å². The highest BCUT2D eigenvalue weighted by Gasteiger charge is 2.26. The van der Waals surface area contributed by atoms with Crippen molar-refractivity contribution < 1.29 is 9.32 Å². The Kier molecular flexibility index (Phi) is 3.78. The highest BCUT2D eigenvalue weighted by atomic mass is 79.9.